The molecule has 3 aromatic heterocycles. The summed E-state index contributed by atoms with van der Waals surface area (Å²) in [6.07, 6.45) is 3.76. The summed E-state index contributed by atoms with van der Waals surface area (Å²) in [4.78, 5) is 23.9. The molecule has 4 heteroatoms. The van der Waals surface area contributed by atoms with Gasteiger partial charge in [-0.3, -0.25) is 19.3 Å². The Kier molecular flexibility index (Phi) is 6.98. The van der Waals surface area contributed by atoms with E-state index in [1.165, 1.54) is 5.39 Å². The molecule has 8 aromatic carbocycles. The lowest BCUT2D eigenvalue weighted by Crippen LogP contribution is -2.19. The predicted octanol–water partition coefficient (Wildman–Crippen LogP) is 12.5. The minimum atomic E-state index is -0.0246. The number of benzene rings is 8. The van der Waals surface area contributed by atoms with Crippen LogP contribution in [0.1, 0.15) is 0 Å². The van der Waals surface area contributed by atoms with E-state index in [1.54, 1.807) is 0 Å². The van der Waals surface area contributed by atoms with Gasteiger partial charge in [-0.25, -0.2) is 0 Å². The quantitative estimate of drug-likeness (QED) is 0.136. The molecule has 0 fully saturated rings. The van der Waals surface area contributed by atoms with Gasteiger partial charge in [0, 0.05) is 50.8 Å². The lowest BCUT2D eigenvalue weighted by atomic mass is 9.84. The zero-order chi connectivity index (χ0) is 36.5. The summed E-state index contributed by atoms with van der Waals surface area (Å²) in [6.45, 7) is 0. The Bertz CT molecular complexity index is 3390. The van der Waals surface area contributed by atoms with E-state index in [0.29, 0.717) is 5.39 Å². The fourth-order valence-corrected chi connectivity index (χ4v) is 8.64. The van der Waals surface area contributed by atoms with Crippen LogP contribution in [0.15, 0.2) is 193 Å². The third kappa shape index (κ3) is 4.82. The summed E-state index contributed by atoms with van der Waals surface area (Å²) in [5, 5.41) is 9.47. The second kappa shape index (κ2) is 12.3. The van der Waals surface area contributed by atoms with Crippen LogP contribution in [0, 0.1) is 0 Å². The van der Waals surface area contributed by atoms with E-state index < -0.39 is 0 Å². The first kappa shape index (κ1) is 31.1. The van der Waals surface area contributed by atoms with Crippen molar-refractivity contribution in [2.24, 2.45) is 0 Å². The Morgan fingerprint density at radius 2 is 0.891 bits per heavy atom. The molecular formula is C51H31N3O. The molecule has 0 radical (unpaired) electrons. The van der Waals surface area contributed by atoms with Crippen molar-refractivity contribution in [1.29, 1.82) is 0 Å². The number of rotatable bonds is 4. The van der Waals surface area contributed by atoms with Crippen LogP contribution >= 0.6 is 0 Å². The average Bonchev–Trinajstić information content (AvgIpc) is 3.25. The summed E-state index contributed by atoms with van der Waals surface area (Å²) in [6, 6.07) is 61.1. The van der Waals surface area contributed by atoms with E-state index in [-0.39, 0.29) is 5.56 Å². The summed E-state index contributed by atoms with van der Waals surface area (Å²) in [7, 11) is 0. The highest BCUT2D eigenvalue weighted by molar-refractivity contribution is 6.25. The summed E-state index contributed by atoms with van der Waals surface area (Å²) < 4.78 is 1.84. The van der Waals surface area contributed by atoms with Crippen molar-refractivity contribution in [3.05, 3.63) is 199 Å². The van der Waals surface area contributed by atoms with Gasteiger partial charge in [-0.05, 0) is 97.7 Å². The van der Waals surface area contributed by atoms with Crippen molar-refractivity contribution < 1.29 is 0 Å². The first-order chi connectivity index (χ1) is 27.2. The maximum Gasteiger partial charge on any atom is 0.263 e. The molecule has 4 nitrogen and oxygen atoms in total. The van der Waals surface area contributed by atoms with Crippen LogP contribution in [0.3, 0.4) is 0 Å². The minimum Gasteiger partial charge on any atom is -0.276 e. The lowest BCUT2D eigenvalue weighted by Gasteiger charge is -2.20. The van der Waals surface area contributed by atoms with Crippen LogP contribution in [-0.4, -0.2) is 14.5 Å². The molecule has 0 unspecified atom stereocenters. The monoisotopic (exact) mass is 701 g/mol. The molecule has 3 heterocycles. The highest BCUT2D eigenvalue weighted by Crippen LogP contribution is 2.47. The van der Waals surface area contributed by atoms with E-state index in [9.17, 15) is 4.79 Å². The first-order valence-electron chi connectivity index (χ1n) is 18.5. The van der Waals surface area contributed by atoms with Crippen molar-refractivity contribution in [3.63, 3.8) is 0 Å². The number of hydrogen-bond acceptors (Lipinski definition) is 3. The third-order valence-corrected chi connectivity index (χ3v) is 11.1. The summed E-state index contributed by atoms with van der Waals surface area (Å²) in [5.41, 5.74) is 10.3. The average molecular weight is 702 g/mol. The van der Waals surface area contributed by atoms with E-state index >= 15 is 0 Å². The zero-order valence-electron chi connectivity index (χ0n) is 29.6. The Hall–Kier alpha value is -7.43. The molecule has 0 N–H and O–H groups in total. The molecule has 256 valence electrons. The smallest absolute Gasteiger partial charge is 0.263 e. The van der Waals surface area contributed by atoms with Crippen LogP contribution in [0.25, 0.3) is 104 Å². The summed E-state index contributed by atoms with van der Waals surface area (Å²) in [5.74, 6) is 0. The maximum atomic E-state index is 14.0. The maximum absolute atomic E-state index is 14.0. The molecule has 0 atom stereocenters. The Morgan fingerprint density at radius 3 is 1.55 bits per heavy atom. The Labute approximate surface area is 316 Å². The van der Waals surface area contributed by atoms with Gasteiger partial charge in [0.15, 0.2) is 0 Å². The molecule has 0 saturated heterocycles. The van der Waals surface area contributed by atoms with Gasteiger partial charge in [0.1, 0.15) is 0 Å². The van der Waals surface area contributed by atoms with Crippen molar-refractivity contribution in [1.82, 2.24) is 14.5 Å². The molecule has 11 aromatic rings. The zero-order valence-corrected chi connectivity index (χ0v) is 29.6. The molecule has 0 amide bonds. The van der Waals surface area contributed by atoms with Gasteiger partial charge in [-0.2, -0.15) is 0 Å². The van der Waals surface area contributed by atoms with Crippen LogP contribution in [-0.2, 0) is 0 Å². The first-order valence-corrected chi connectivity index (χ1v) is 18.5. The van der Waals surface area contributed by atoms with Gasteiger partial charge in [-0.15, -0.1) is 0 Å². The van der Waals surface area contributed by atoms with Crippen molar-refractivity contribution in [2.75, 3.05) is 0 Å². The van der Waals surface area contributed by atoms with E-state index in [0.717, 1.165) is 93.3 Å². The van der Waals surface area contributed by atoms with Crippen molar-refractivity contribution in [2.45, 2.75) is 0 Å². The predicted molar refractivity (Wildman–Crippen MR) is 229 cm³/mol. The summed E-state index contributed by atoms with van der Waals surface area (Å²) >= 11 is 0. The third-order valence-electron chi connectivity index (χ3n) is 11.1. The molecular weight excluding hydrogens is 671 g/mol. The normalized spacial score (nSPS) is 11.7. The Balaban J connectivity index is 1.25. The molecule has 0 spiro atoms. The van der Waals surface area contributed by atoms with Crippen molar-refractivity contribution in [3.8, 4) is 39.1 Å². The van der Waals surface area contributed by atoms with Crippen LogP contribution in [0.2, 0.25) is 0 Å². The number of nitrogens with zero attached hydrogens (tertiary/aromatic N) is 3. The second-order valence-electron chi connectivity index (χ2n) is 14.1. The number of pyridine rings is 3. The highest BCUT2D eigenvalue weighted by atomic mass is 16.1. The molecule has 0 aliphatic rings. The van der Waals surface area contributed by atoms with Crippen LogP contribution < -0.4 is 5.56 Å². The SMILES string of the molecule is O=c1c2ccccc2c2cc(-c3ccc4c(-c5cccc6cccnc56)c5ccccc5c(-c5cccc6cccnc56)c4c3)ccc2n1-c1ccccc1. The van der Waals surface area contributed by atoms with Gasteiger partial charge in [0.2, 0.25) is 0 Å². The van der Waals surface area contributed by atoms with Gasteiger partial charge < -0.3 is 0 Å². The number of fused-ring (bicyclic) bond motifs is 7. The van der Waals surface area contributed by atoms with Gasteiger partial charge in [0.25, 0.3) is 5.56 Å². The second-order valence-corrected chi connectivity index (χ2v) is 14.1. The van der Waals surface area contributed by atoms with E-state index in [2.05, 4.69) is 115 Å². The standard InChI is InChI=1S/C51H31N3O/c55-51-41-21-7-4-18-37(41)44-30-35(25-27-46(44)54(51)36-16-2-1-3-17-36)34-24-26-40-45(31-34)48(43-23-9-13-33-15-11-29-53-50(33)43)39-20-6-5-19-38(39)47(40)42-22-8-12-32-14-10-28-52-49(32)42/h1-31H. The molecule has 0 aliphatic heterocycles. The van der Waals surface area contributed by atoms with Crippen LogP contribution in [0.5, 0.6) is 0 Å². The molecule has 0 aliphatic carbocycles. The fourth-order valence-electron chi connectivity index (χ4n) is 8.64. The van der Waals surface area contributed by atoms with Crippen LogP contribution in [0.4, 0.5) is 0 Å². The Morgan fingerprint density at radius 1 is 0.382 bits per heavy atom. The van der Waals surface area contributed by atoms with Crippen molar-refractivity contribution >= 4 is 65.0 Å². The largest absolute Gasteiger partial charge is 0.276 e. The topological polar surface area (TPSA) is 47.8 Å². The molecule has 11 rings (SSSR count). The number of aromatic nitrogens is 3. The van der Waals surface area contributed by atoms with Gasteiger partial charge in [-0.1, -0.05) is 127 Å². The minimum absolute atomic E-state index is 0.0246. The lowest BCUT2D eigenvalue weighted by molar-refractivity contribution is 1.06. The van der Waals surface area contributed by atoms with E-state index in [4.69, 9.17) is 9.97 Å². The van der Waals surface area contributed by atoms with Gasteiger partial charge >= 0.3 is 0 Å². The molecule has 0 bridgehead atoms. The number of para-hydroxylation sites is 3. The molecule has 0 saturated carbocycles. The number of hydrogen-bond donors (Lipinski definition) is 0. The fraction of sp³-hybridized carbons (Fsp3) is 0. The van der Waals surface area contributed by atoms with E-state index in [1.807, 2.05) is 77.6 Å². The highest BCUT2D eigenvalue weighted by Gasteiger charge is 2.21. The molecule has 55 heavy (non-hydrogen) atoms. The van der Waals surface area contributed by atoms with Gasteiger partial charge in [0.05, 0.1) is 16.6 Å².